The molecule has 2 N–H and O–H groups in total. The number of hydrogen-bond donors (Lipinski definition) is 1. The predicted octanol–water partition coefficient (Wildman–Crippen LogP) is 2.14. The Bertz CT molecular complexity index is 284. The average molecular weight is 235 g/mol. The van der Waals surface area contributed by atoms with Gasteiger partial charge in [0.1, 0.15) is 0 Å². The molecule has 13 heavy (non-hydrogen) atoms. The first-order chi connectivity index (χ1) is 5.84. The van der Waals surface area contributed by atoms with E-state index in [0.29, 0.717) is 6.04 Å². The van der Waals surface area contributed by atoms with Crippen molar-refractivity contribution in [3.8, 4) is 0 Å². The largest absolute Gasteiger partial charge is 0.379 e. The third kappa shape index (κ3) is 2.90. The highest BCUT2D eigenvalue weighted by atomic mass is 35.5. The van der Waals surface area contributed by atoms with Crippen LogP contribution >= 0.6 is 35.5 Å². The van der Waals surface area contributed by atoms with E-state index in [4.69, 9.17) is 5.73 Å². The Labute approximate surface area is 92.0 Å². The standard InChI is InChI=1S/C8H10N2S2.ClH/c9-8-10-7(5-12-8)3-6-1-2-11-4-6;/h1-2,4,7H,3,5H2,(H2,9,10);1H/t7-;/m1./s1. The monoisotopic (exact) mass is 234 g/mol. The zero-order valence-electron chi connectivity index (χ0n) is 6.97. The smallest absolute Gasteiger partial charge is 0.154 e. The van der Waals surface area contributed by atoms with Gasteiger partial charge in [-0.2, -0.15) is 11.3 Å². The van der Waals surface area contributed by atoms with E-state index < -0.39 is 0 Å². The lowest BCUT2D eigenvalue weighted by Crippen LogP contribution is -2.07. The van der Waals surface area contributed by atoms with Crippen LogP contribution in [-0.2, 0) is 6.42 Å². The van der Waals surface area contributed by atoms with Crippen LogP contribution in [0.25, 0.3) is 0 Å². The molecule has 2 nitrogen and oxygen atoms in total. The van der Waals surface area contributed by atoms with Crippen LogP contribution in [0, 0.1) is 0 Å². The van der Waals surface area contributed by atoms with Crippen molar-refractivity contribution in [3.63, 3.8) is 0 Å². The molecule has 2 heterocycles. The quantitative estimate of drug-likeness (QED) is 0.852. The van der Waals surface area contributed by atoms with Crippen LogP contribution in [0.2, 0.25) is 0 Å². The molecule has 1 atom stereocenters. The third-order valence-electron chi connectivity index (χ3n) is 1.78. The lowest BCUT2D eigenvalue weighted by Gasteiger charge is -2.01. The number of nitrogens with two attached hydrogens (primary N) is 1. The van der Waals surface area contributed by atoms with Crippen LogP contribution in [0.15, 0.2) is 21.8 Å². The van der Waals surface area contributed by atoms with Gasteiger partial charge in [0.05, 0.1) is 6.04 Å². The summed E-state index contributed by atoms with van der Waals surface area (Å²) in [5.74, 6) is 1.04. The summed E-state index contributed by atoms with van der Waals surface area (Å²) in [7, 11) is 0. The third-order valence-corrected chi connectivity index (χ3v) is 3.47. The highest BCUT2D eigenvalue weighted by Crippen LogP contribution is 2.19. The van der Waals surface area contributed by atoms with Gasteiger partial charge in [-0.15, -0.1) is 12.4 Å². The molecule has 0 saturated heterocycles. The maximum Gasteiger partial charge on any atom is 0.154 e. The van der Waals surface area contributed by atoms with Crippen molar-refractivity contribution in [2.45, 2.75) is 12.5 Å². The van der Waals surface area contributed by atoms with E-state index >= 15 is 0 Å². The molecule has 0 aliphatic carbocycles. The number of halogens is 1. The fraction of sp³-hybridized carbons (Fsp3) is 0.375. The highest BCUT2D eigenvalue weighted by molar-refractivity contribution is 8.14. The molecule has 0 radical (unpaired) electrons. The van der Waals surface area contributed by atoms with Gasteiger partial charge >= 0.3 is 0 Å². The van der Waals surface area contributed by atoms with Gasteiger partial charge in [-0.1, -0.05) is 11.8 Å². The van der Waals surface area contributed by atoms with Crippen molar-refractivity contribution < 1.29 is 0 Å². The Morgan fingerprint density at radius 2 is 2.46 bits per heavy atom. The maximum atomic E-state index is 5.57. The molecule has 0 aromatic carbocycles. The summed E-state index contributed by atoms with van der Waals surface area (Å²) in [5.41, 5.74) is 6.95. The van der Waals surface area contributed by atoms with E-state index in [9.17, 15) is 0 Å². The molecule has 0 bridgehead atoms. The lowest BCUT2D eigenvalue weighted by molar-refractivity contribution is 0.764. The first-order valence-corrected chi connectivity index (χ1v) is 5.74. The van der Waals surface area contributed by atoms with E-state index in [2.05, 4.69) is 21.8 Å². The van der Waals surface area contributed by atoms with Gasteiger partial charge in [0, 0.05) is 5.75 Å². The number of amidine groups is 1. The Kier molecular flexibility index (Phi) is 4.09. The van der Waals surface area contributed by atoms with Crippen LogP contribution in [-0.4, -0.2) is 17.0 Å². The molecule has 0 unspecified atom stereocenters. The van der Waals surface area contributed by atoms with Gasteiger partial charge < -0.3 is 5.73 Å². The molecule has 1 aliphatic heterocycles. The topological polar surface area (TPSA) is 38.4 Å². The molecule has 0 spiro atoms. The Balaban J connectivity index is 0.000000845. The van der Waals surface area contributed by atoms with E-state index in [0.717, 1.165) is 17.3 Å². The summed E-state index contributed by atoms with van der Waals surface area (Å²) >= 11 is 3.40. The molecule has 0 amide bonds. The van der Waals surface area contributed by atoms with Crippen molar-refractivity contribution in [1.82, 2.24) is 0 Å². The molecule has 0 fully saturated rings. The van der Waals surface area contributed by atoms with E-state index in [1.165, 1.54) is 5.56 Å². The molecule has 5 heteroatoms. The second kappa shape index (κ2) is 4.88. The van der Waals surface area contributed by atoms with Gasteiger partial charge in [-0.25, -0.2) is 0 Å². The Morgan fingerprint density at radius 3 is 3.00 bits per heavy atom. The SMILES string of the molecule is Cl.NC1=N[C@H](Cc2ccsc2)CS1. The summed E-state index contributed by atoms with van der Waals surface area (Å²) in [5, 5.41) is 5.02. The first-order valence-electron chi connectivity index (χ1n) is 3.82. The predicted molar refractivity (Wildman–Crippen MR) is 63.1 cm³/mol. The summed E-state index contributed by atoms with van der Waals surface area (Å²) in [6, 6.07) is 2.56. The zero-order valence-corrected chi connectivity index (χ0v) is 9.42. The summed E-state index contributed by atoms with van der Waals surface area (Å²) < 4.78 is 0. The second-order valence-corrected chi connectivity index (χ2v) is 4.59. The van der Waals surface area contributed by atoms with Crippen molar-refractivity contribution in [1.29, 1.82) is 0 Å². The number of thioether (sulfide) groups is 1. The molecule has 1 aliphatic rings. The minimum atomic E-state index is 0. The van der Waals surface area contributed by atoms with Gasteiger partial charge in [-0.05, 0) is 28.8 Å². The summed E-state index contributed by atoms with van der Waals surface area (Å²) in [6.45, 7) is 0. The maximum absolute atomic E-state index is 5.57. The Morgan fingerprint density at radius 1 is 1.62 bits per heavy atom. The van der Waals surface area contributed by atoms with Crippen LogP contribution in [0.5, 0.6) is 0 Å². The number of rotatable bonds is 2. The Hall–Kier alpha value is -0.190. The average Bonchev–Trinajstić information content (AvgIpc) is 2.63. The number of hydrogen-bond acceptors (Lipinski definition) is 4. The van der Waals surface area contributed by atoms with Crippen LogP contribution < -0.4 is 5.73 Å². The fourth-order valence-electron chi connectivity index (χ4n) is 1.22. The molecule has 0 saturated carbocycles. The van der Waals surface area contributed by atoms with Crippen LogP contribution in [0.4, 0.5) is 0 Å². The van der Waals surface area contributed by atoms with Crippen LogP contribution in [0.1, 0.15) is 5.56 Å². The minimum Gasteiger partial charge on any atom is -0.379 e. The van der Waals surface area contributed by atoms with Gasteiger partial charge in [0.15, 0.2) is 5.17 Å². The summed E-state index contributed by atoms with van der Waals surface area (Å²) in [4.78, 5) is 4.33. The number of aliphatic imine (C=N–C) groups is 1. The number of nitrogens with zero attached hydrogens (tertiary/aromatic N) is 1. The molecular weight excluding hydrogens is 224 g/mol. The van der Waals surface area contributed by atoms with Crippen molar-refractivity contribution in [2.24, 2.45) is 10.7 Å². The lowest BCUT2D eigenvalue weighted by atomic mass is 10.1. The fourth-order valence-corrected chi connectivity index (χ4v) is 2.68. The van der Waals surface area contributed by atoms with E-state index in [1.807, 2.05) is 0 Å². The van der Waals surface area contributed by atoms with E-state index in [1.54, 1.807) is 23.1 Å². The zero-order chi connectivity index (χ0) is 8.39. The first kappa shape index (κ1) is 10.9. The van der Waals surface area contributed by atoms with Crippen LogP contribution in [0.3, 0.4) is 0 Å². The summed E-state index contributed by atoms with van der Waals surface area (Å²) in [6.07, 6.45) is 1.04. The van der Waals surface area contributed by atoms with Crippen molar-refractivity contribution >= 4 is 40.7 Å². The molecule has 1 aromatic heterocycles. The normalized spacial score (nSPS) is 20.9. The van der Waals surface area contributed by atoms with Gasteiger partial charge in [0.25, 0.3) is 0 Å². The minimum absolute atomic E-state index is 0. The van der Waals surface area contributed by atoms with Crippen molar-refractivity contribution in [3.05, 3.63) is 22.4 Å². The molecule has 72 valence electrons. The van der Waals surface area contributed by atoms with Gasteiger partial charge in [0.2, 0.25) is 0 Å². The molecular formula is C8H11ClN2S2. The highest BCUT2D eigenvalue weighted by Gasteiger charge is 2.16. The van der Waals surface area contributed by atoms with Crippen molar-refractivity contribution in [2.75, 3.05) is 5.75 Å². The van der Waals surface area contributed by atoms with E-state index in [-0.39, 0.29) is 12.4 Å². The number of thiophene rings is 1. The molecule has 1 aromatic rings. The molecule has 2 rings (SSSR count). The van der Waals surface area contributed by atoms with Gasteiger partial charge in [-0.3, -0.25) is 4.99 Å². The second-order valence-electron chi connectivity index (χ2n) is 2.77.